The minimum absolute atomic E-state index is 0.0893. The highest BCUT2D eigenvalue weighted by atomic mass is 16.5. The maximum atomic E-state index is 6.07. The molecule has 3 rings (SSSR count). The third-order valence-corrected chi connectivity index (χ3v) is 3.65. The van der Waals surface area contributed by atoms with E-state index in [1.54, 1.807) is 0 Å². The third-order valence-electron chi connectivity index (χ3n) is 3.65. The maximum absolute atomic E-state index is 6.07. The molecule has 2 aromatic carbocycles. The molecule has 0 bridgehead atoms. The molecule has 0 amide bonds. The van der Waals surface area contributed by atoms with E-state index in [9.17, 15) is 0 Å². The van der Waals surface area contributed by atoms with Crippen LogP contribution >= 0.6 is 0 Å². The molecule has 0 spiro atoms. The van der Waals surface area contributed by atoms with Crippen molar-refractivity contribution in [3.8, 4) is 5.75 Å². The Morgan fingerprint density at radius 2 is 1.64 bits per heavy atom. The lowest BCUT2D eigenvalue weighted by molar-refractivity contribution is 0.210. The van der Waals surface area contributed by atoms with Gasteiger partial charge in [0.05, 0.1) is 11.0 Å². The number of aromatic nitrogens is 2. The Hall–Kier alpha value is -2.29. The van der Waals surface area contributed by atoms with Gasteiger partial charge in [-0.2, -0.15) is 0 Å². The minimum Gasteiger partial charge on any atom is -0.483 e. The number of para-hydroxylation sites is 3. The van der Waals surface area contributed by atoms with Gasteiger partial charge in [0.25, 0.3) is 0 Å². The molecule has 0 saturated heterocycles. The molecule has 3 nitrogen and oxygen atoms in total. The van der Waals surface area contributed by atoms with Crippen molar-refractivity contribution < 1.29 is 4.74 Å². The molecule has 1 heterocycles. The largest absolute Gasteiger partial charge is 0.483 e. The van der Waals surface area contributed by atoms with E-state index in [1.807, 2.05) is 36.4 Å². The number of hydrogen-bond acceptors (Lipinski definition) is 2. The molecule has 0 saturated carbocycles. The number of ether oxygens (including phenoxy) is 1. The van der Waals surface area contributed by atoms with E-state index in [2.05, 4.69) is 43.5 Å². The van der Waals surface area contributed by atoms with Crippen LogP contribution in [0.25, 0.3) is 11.0 Å². The Balaban J connectivity index is 1.98. The van der Waals surface area contributed by atoms with Gasteiger partial charge < -0.3 is 9.30 Å². The molecule has 0 radical (unpaired) electrons. The molecule has 0 aliphatic heterocycles. The van der Waals surface area contributed by atoms with E-state index in [0.717, 1.165) is 23.6 Å². The smallest absolute Gasteiger partial charge is 0.153 e. The Morgan fingerprint density at radius 1 is 0.955 bits per heavy atom. The van der Waals surface area contributed by atoms with E-state index >= 15 is 0 Å². The first-order valence-electron chi connectivity index (χ1n) is 7.82. The summed E-state index contributed by atoms with van der Waals surface area (Å²) in [5.41, 5.74) is 2.20. The van der Waals surface area contributed by atoms with Crippen LogP contribution in [0.3, 0.4) is 0 Å². The highest BCUT2D eigenvalue weighted by molar-refractivity contribution is 5.76. The van der Waals surface area contributed by atoms with Gasteiger partial charge in [-0.05, 0) is 37.1 Å². The lowest BCUT2D eigenvalue weighted by atomic mass is 10.2. The molecule has 0 fully saturated rings. The maximum Gasteiger partial charge on any atom is 0.153 e. The molecule has 1 aromatic heterocycles. The Kier molecular flexibility index (Phi) is 4.14. The van der Waals surface area contributed by atoms with E-state index < -0.39 is 0 Å². The normalized spacial score (nSPS) is 12.7. The van der Waals surface area contributed by atoms with Gasteiger partial charge in [0, 0.05) is 6.54 Å². The Bertz CT molecular complexity index is 746. The Morgan fingerprint density at radius 3 is 2.36 bits per heavy atom. The number of rotatable bonds is 5. The average Bonchev–Trinajstić information content (AvgIpc) is 2.87. The van der Waals surface area contributed by atoms with Crippen molar-refractivity contribution in [3.63, 3.8) is 0 Å². The van der Waals surface area contributed by atoms with Crippen molar-refractivity contribution in [2.24, 2.45) is 5.92 Å². The first-order valence-corrected chi connectivity index (χ1v) is 7.82. The van der Waals surface area contributed by atoms with Crippen molar-refractivity contribution in [2.45, 2.75) is 33.4 Å². The van der Waals surface area contributed by atoms with Gasteiger partial charge in [0.2, 0.25) is 0 Å². The fourth-order valence-electron chi connectivity index (χ4n) is 2.72. The summed E-state index contributed by atoms with van der Waals surface area (Å²) in [7, 11) is 0. The zero-order chi connectivity index (χ0) is 15.5. The quantitative estimate of drug-likeness (QED) is 0.673. The van der Waals surface area contributed by atoms with Gasteiger partial charge in [0.15, 0.2) is 11.9 Å². The van der Waals surface area contributed by atoms with Crippen LogP contribution in [0.4, 0.5) is 0 Å². The van der Waals surface area contributed by atoms with Gasteiger partial charge in [0.1, 0.15) is 5.75 Å². The lowest BCUT2D eigenvalue weighted by Crippen LogP contribution is -2.14. The number of nitrogens with zero attached hydrogens (tertiary/aromatic N) is 2. The molecular formula is C19H22N2O. The summed E-state index contributed by atoms with van der Waals surface area (Å²) in [6.45, 7) is 7.45. The minimum atomic E-state index is -0.0893. The second-order valence-corrected chi connectivity index (χ2v) is 6.04. The van der Waals surface area contributed by atoms with Gasteiger partial charge in [-0.1, -0.05) is 44.2 Å². The van der Waals surface area contributed by atoms with Crippen LogP contribution < -0.4 is 4.74 Å². The molecule has 114 valence electrons. The summed E-state index contributed by atoms with van der Waals surface area (Å²) in [5.74, 6) is 2.41. The highest BCUT2D eigenvalue weighted by Crippen LogP contribution is 2.25. The van der Waals surface area contributed by atoms with Crippen LogP contribution in [0.1, 0.15) is 32.7 Å². The number of fused-ring (bicyclic) bond motifs is 1. The van der Waals surface area contributed by atoms with E-state index in [-0.39, 0.29) is 6.10 Å². The predicted octanol–water partition coefficient (Wildman–Crippen LogP) is 4.83. The highest BCUT2D eigenvalue weighted by Gasteiger charge is 2.18. The van der Waals surface area contributed by atoms with Crippen LogP contribution in [0.5, 0.6) is 5.75 Å². The van der Waals surface area contributed by atoms with Crippen LogP contribution in [-0.2, 0) is 6.54 Å². The van der Waals surface area contributed by atoms with Crippen LogP contribution in [0.2, 0.25) is 0 Å². The monoisotopic (exact) mass is 294 g/mol. The molecule has 1 unspecified atom stereocenters. The van der Waals surface area contributed by atoms with Crippen molar-refractivity contribution in [2.75, 3.05) is 0 Å². The fourth-order valence-corrected chi connectivity index (χ4v) is 2.72. The fraction of sp³-hybridized carbons (Fsp3) is 0.316. The van der Waals surface area contributed by atoms with Crippen LogP contribution in [0, 0.1) is 5.92 Å². The van der Waals surface area contributed by atoms with Gasteiger partial charge in [-0.25, -0.2) is 4.98 Å². The molecule has 3 heteroatoms. The zero-order valence-electron chi connectivity index (χ0n) is 13.4. The van der Waals surface area contributed by atoms with E-state index in [0.29, 0.717) is 5.92 Å². The molecule has 1 atom stereocenters. The lowest BCUT2D eigenvalue weighted by Gasteiger charge is -2.18. The molecule has 3 aromatic rings. The number of benzene rings is 2. The summed E-state index contributed by atoms with van der Waals surface area (Å²) >= 11 is 0. The predicted molar refractivity (Wildman–Crippen MR) is 90.1 cm³/mol. The third kappa shape index (κ3) is 2.98. The molecule has 0 aliphatic carbocycles. The van der Waals surface area contributed by atoms with E-state index in [1.165, 1.54) is 5.52 Å². The average molecular weight is 294 g/mol. The van der Waals surface area contributed by atoms with Gasteiger partial charge in [-0.3, -0.25) is 0 Å². The molecule has 0 N–H and O–H groups in total. The number of hydrogen-bond donors (Lipinski definition) is 0. The summed E-state index contributed by atoms with van der Waals surface area (Å²) in [5, 5.41) is 0. The van der Waals surface area contributed by atoms with Gasteiger partial charge >= 0.3 is 0 Å². The molecule has 22 heavy (non-hydrogen) atoms. The molecule has 0 aliphatic rings. The summed E-state index contributed by atoms with van der Waals surface area (Å²) in [4.78, 5) is 4.80. The standard InChI is InChI=1S/C19H22N2O/c1-14(2)13-21-18-12-8-7-11-17(18)20-19(21)15(3)22-16-9-5-4-6-10-16/h4-12,14-15H,13H2,1-3H3. The first kappa shape index (κ1) is 14.6. The van der Waals surface area contributed by atoms with Gasteiger partial charge in [-0.15, -0.1) is 0 Å². The summed E-state index contributed by atoms with van der Waals surface area (Å²) in [6, 6.07) is 18.2. The Labute approximate surface area is 131 Å². The second kappa shape index (κ2) is 6.22. The number of imidazole rings is 1. The topological polar surface area (TPSA) is 27.1 Å². The second-order valence-electron chi connectivity index (χ2n) is 6.04. The van der Waals surface area contributed by atoms with Crippen molar-refractivity contribution in [1.82, 2.24) is 9.55 Å². The van der Waals surface area contributed by atoms with Crippen molar-refractivity contribution in [3.05, 3.63) is 60.4 Å². The van der Waals surface area contributed by atoms with E-state index in [4.69, 9.17) is 9.72 Å². The van der Waals surface area contributed by atoms with Crippen molar-refractivity contribution in [1.29, 1.82) is 0 Å². The van der Waals surface area contributed by atoms with Crippen molar-refractivity contribution >= 4 is 11.0 Å². The first-order chi connectivity index (χ1) is 10.6. The van der Waals surface area contributed by atoms with Crippen LogP contribution in [-0.4, -0.2) is 9.55 Å². The van der Waals surface area contributed by atoms with Crippen LogP contribution in [0.15, 0.2) is 54.6 Å². The SMILES string of the molecule is CC(C)Cn1c(C(C)Oc2ccccc2)nc2ccccc21. The molecular weight excluding hydrogens is 272 g/mol. The zero-order valence-corrected chi connectivity index (χ0v) is 13.4. The summed E-state index contributed by atoms with van der Waals surface area (Å²) in [6.07, 6.45) is -0.0893. The summed E-state index contributed by atoms with van der Waals surface area (Å²) < 4.78 is 8.35.